The summed E-state index contributed by atoms with van der Waals surface area (Å²) in [6.07, 6.45) is -1.76. The van der Waals surface area contributed by atoms with Crippen LogP contribution in [0, 0.1) is 11.6 Å². The lowest BCUT2D eigenvalue weighted by molar-refractivity contribution is -0.137. The smallest absolute Gasteiger partial charge is 0.341 e. The van der Waals surface area contributed by atoms with Crippen LogP contribution in [0.3, 0.4) is 0 Å². The highest BCUT2D eigenvalue weighted by atomic mass is 35.5. The summed E-state index contributed by atoms with van der Waals surface area (Å²) < 4.78 is 69.6. The number of rotatable bonds is 4. The lowest BCUT2D eigenvalue weighted by atomic mass is 9.93. The van der Waals surface area contributed by atoms with E-state index in [0.29, 0.717) is 29.0 Å². The summed E-state index contributed by atoms with van der Waals surface area (Å²) in [4.78, 5) is 30.5. The number of halogens is 6. The fourth-order valence-electron chi connectivity index (χ4n) is 4.70. The maximum Gasteiger partial charge on any atom is 0.416 e. The van der Waals surface area contributed by atoms with Crippen molar-refractivity contribution in [3.63, 3.8) is 0 Å². The van der Waals surface area contributed by atoms with E-state index in [1.54, 1.807) is 18.3 Å². The molecule has 5 aromatic rings. The van der Waals surface area contributed by atoms with Crippen molar-refractivity contribution in [1.82, 2.24) is 19.9 Å². The van der Waals surface area contributed by atoms with Gasteiger partial charge in [-0.2, -0.15) is 18.3 Å². The number of hydrogen-bond donors (Lipinski definition) is 2. The van der Waals surface area contributed by atoms with E-state index in [9.17, 15) is 31.5 Å². The van der Waals surface area contributed by atoms with Gasteiger partial charge in [-0.3, -0.25) is 9.59 Å². The van der Waals surface area contributed by atoms with Crippen molar-refractivity contribution in [2.75, 3.05) is 5.32 Å². The van der Waals surface area contributed by atoms with Gasteiger partial charge in [-0.15, -0.1) is 0 Å². The van der Waals surface area contributed by atoms with E-state index < -0.39 is 46.8 Å². The molecule has 13 heteroatoms. The number of carbonyl (C=O) groups excluding carboxylic acids is 2. The Morgan fingerprint density at radius 1 is 1.00 bits per heavy atom. The molecule has 0 spiro atoms. The van der Waals surface area contributed by atoms with Gasteiger partial charge in [-0.05, 0) is 60.7 Å². The van der Waals surface area contributed by atoms with Gasteiger partial charge < -0.3 is 10.6 Å². The highest BCUT2D eigenvalue weighted by molar-refractivity contribution is 6.31. The average Bonchev–Trinajstić information content (AvgIpc) is 3.53. The SMILES string of the molecule is O=C(Nc1cc(-c2ccc3nccn3n2)cc2c1[C@H](c1cc(F)ccc1Cl)NC2=O)c1cc(F)cc(C(F)(F)F)c1. The zero-order valence-electron chi connectivity index (χ0n) is 20.4. The first-order chi connectivity index (χ1) is 19.5. The van der Waals surface area contributed by atoms with Crippen LogP contribution in [0.15, 0.2) is 73.1 Å². The fourth-order valence-corrected chi connectivity index (χ4v) is 4.93. The normalized spacial score (nSPS) is 14.7. The fraction of sp³-hybridized carbons (Fsp3) is 0.0714. The zero-order valence-corrected chi connectivity index (χ0v) is 21.2. The lowest BCUT2D eigenvalue weighted by Gasteiger charge is -2.19. The van der Waals surface area contributed by atoms with Gasteiger partial charge in [0.25, 0.3) is 11.8 Å². The third-order valence-corrected chi connectivity index (χ3v) is 6.89. The van der Waals surface area contributed by atoms with Gasteiger partial charge in [0, 0.05) is 50.9 Å². The number of hydrogen-bond acceptors (Lipinski definition) is 4. The van der Waals surface area contributed by atoms with Crippen molar-refractivity contribution in [3.8, 4) is 11.3 Å². The molecule has 6 rings (SSSR count). The van der Waals surface area contributed by atoms with Crippen LogP contribution in [0.5, 0.6) is 0 Å². The summed E-state index contributed by atoms with van der Waals surface area (Å²) in [5.41, 5.74) is -0.199. The summed E-state index contributed by atoms with van der Waals surface area (Å²) in [7, 11) is 0. The Morgan fingerprint density at radius 3 is 2.59 bits per heavy atom. The van der Waals surface area contributed by atoms with Crippen molar-refractivity contribution in [3.05, 3.63) is 118 Å². The van der Waals surface area contributed by atoms with Gasteiger partial charge in [0.2, 0.25) is 0 Å². The maximum absolute atomic E-state index is 14.2. The number of benzene rings is 3. The van der Waals surface area contributed by atoms with Crippen LogP contribution in [0.4, 0.5) is 27.6 Å². The molecule has 0 aliphatic carbocycles. The molecule has 7 nitrogen and oxygen atoms in total. The first-order valence-corrected chi connectivity index (χ1v) is 12.3. The molecule has 0 saturated heterocycles. The largest absolute Gasteiger partial charge is 0.416 e. The molecule has 2 amide bonds. The molecular formula is C28H15ClF5N5O2. The number of imidazole rings is 1. The van der Waals surface area contributed by atoms with Crippen molar-refractivity contribution in [2.45, 2.75) is 12.2 Å². The average molecular weight is 584 g/mol. The van der Waals surface area contributed by atoms with Gasteiger partial charge in [0.05, 0.1) is 17.3 Å². The predicted molar refractivity (Wildman–Crippen MR) is 138 cm³/mol. The molecule has 0 unspecified atom stereocenters. The Kier molecular flexibility index (Phi) is 6.22. The maximum atomic E-state index is 14.2. The van der Waals surface area contributed by atoms with Gasteiger partial charge in [-0.25, -0.2) is 18.3 Å². The van der Waals surface area contributed by atoms with Crippen molar-refractivity contribution >= 4 is 34.7 Å². The highest BCUT2D eigenvalue weighted by Gasteiger charge is 2.36. The van der Waals surface area contributed by atoms with Crippen LogP contribution >= 0.6 is 11.6 Å². The number of anilines is 1. The Morgan fingerprint density at radius 2 is 1.80 bits per heavy atom. The molecule has 1 atom stereocenters. The molecule has 2 aromatic heterocycles. The number of fused-ring (bicyclic) bond motifs is 2. The Balaban J connectivity index is 1.51. The number of nitrogens with zero attached hydrogens (tertiary/aromatic N) is 3. The molecule has 3 heterocycles. The third-order valence-electron chi connectivity index (χ3n) is 6.54. The molecule has 0 fully saturated rings. The molecule has 0 bridgehead atoms. The first kappa shape index (κ1) is 26.4. The van der Waals surface area contributed by atoms with Crippen LogP contribution < -0.4 is 10.6 Å². The summed E-state index contributed by atoms with van der Waals surface area (Å²) in [6, 6.07) is 10.3. The zero-order chi connectivity index (χ0) is 29.1. The molecule has 1 aliphatic rings. The van der Waals surface area contributed by atoms with Gasteiger partial charge >= 0.3 is 6.18 Å². The van der Waals surface area contributed by atoms with Crippen LogP contribution in [-0.4, -0.2) is 26.4 Å². The van der Waals surface area contributed by atoms with E-state index in [0.717, 1.165) is 12.1 Å². The number of amides is 2. The first-order valence-electron chi connectivity index (χ1n) is 11.9. The van der Waals surface area contributed by atoms with E-state index in [1.807, 2.05) is 0 Å². The van der Waals surface area contributed by atoms with Crippen LogP contribution in [-0.2, 0) is 6.18 Å². The number of aromatic nitrogens is 3. The second-order valence-electron chi connectivity index (χ2n) is 9.19. The third kappa shape index (κ3) is 4.86. The molecule has 206 valence electrons. The van der Waals surface area contributed by atoms with Crippen molar-refractivity contribution in [1.29, 1.82) is 0 Å². The van der Waals surface area contributed by atoms with Gasteiger partial charge in [-0.1, -0.05) is 11.6 Å². The topological polar surface area (TPSA) is 88.4 Å². The standard InChI is InChI=1S/C28H15ClF5N5O2/c29-20-2-1-16(30)12-18(20)25-24-19(27(41)37-25)9-13(21-3-4-23-35-5-6-39(23)38-21)10-22(24)36-26(40)14-7-15(28(32,33)34)11-17(31)8-14/h1-12,25H,(H,36,40)(H,37,41)/t25-/m0/s1. The quantitative estimate of drug-likeness (QED) is 0.239. The summed E-state index contributed by atoms with van der Waals surface area (Å²) in [6.45, 7) is 0. The second kappa shape index (κ2) is 9.66. The van der Waals surface area contributed by atoms with E-state index in [2.05, 4.69) is 20.7 Å². The van der Waals surface area contributed by atoms with Crippen LogP contribution in [0.2, 0.25) is 5.02 Å². The number of alkyl halides is 3. The molecule has 0 saturated carbocycles. The minimum Gasteiger partial charge on any atom is -0.341 e. The number of nitrogens with one attached hydrogen (secondary N) is 2. The van der Waals surface area contributed by atoms with Gasteiger partial charge in [0.15, 0.2) is 5.65 Å². The minimum absolute atomic E-state index is 0.00322. The van der Waals surface area contributed by atoms with Crippen molar-refractivity contribution in [2.24, 2.45) is 0 Å². The monoisotopic (exact) mass is 583 g/mol. The second-order valence-corrected chi connectivity index (χ2v) is 9.59. The predicted octanol–water partition coefficient (Wildman–Crippen LogP) is 6.43. The Labute approximate surface area is 232 Å². The molecule has 2 N–H and O–H groups in total. The van der Waals surface area contributed by atoms with Crippen LogP contribution in [0.1, 0.15) is 43.4 Å². The summed E-state index contributed by atoms with van der Waals surface area (Å²) >= 11 is 6.32. The van der Waals surface area contributed by atoms with E-state index in [-0.39, 0.29) is 33.5 Å². The van der Waals surface area contributed by atoms with Crippen LogP contribution in [0.25, 0.3) is 16.9 Å². The summed E-state index contributed by atoms with van der Waals surface area (Å²) in [5.74, 6) is -3.54. The Bertz CT molecular complexity index is 1890. The Hall–Kier alpha value is -4.84. The highest BCUT2D eigenvalue weighted by Crippen LogP contribution is 2.42. The minimum atomic E-state index is -4.90. The molecule has 3 aromatic carbocycles. The van der Waals surface area contributed by atoms with E-state index >= 15 is 0 Å². The molecular weight excluding hydrogens is 569 g/mol. The van der Waals surface area contributed by atoms with Crippen molar-refractivity contribution < 1.29 is 31.5 Å². The number of carbonyl (C=O) groups is 2. The lowest BCUT2D eigenvalue weighted by Crippen LogP contribution is -2.21. The molecule has 1 aliphatic heterocycles. The molecule has 0 radical (unpaired) electrons. The molecule has 41 heavy (non-hydrogen) atoms. The van der Waals surface area contributed by atoms with Gasteiger partial charge in [0.1, 0.15) is 11.6 Å². The van der Waals surface area contributed by atoms with E-state index in [1.165, 1.54) is 28.9 Å². The van der Waals surface area contributed by atoms with E-state index in [4.69, 9.17) is 11.6 Å². The summed E-state index contributed by atoms with van der Waals surface area (Å²) in [5, 5.41) is 9.80.